The molecule has 0 aliphatic heterocycles. The van der Waals surface area contributed by atoms with E-state index in [4.69, 9.17) is 13.8 Å². The van der Waals surface area contributed by atoms with Gasteiger partial charge in [-0.1, -0.05) is 12.1 Å². The van der Waals surface area contributed by atoms with E-state index in [0.29, 0.717) is 49.9 Å². The van der Waals surface area contributed by atoms with Gasteiger partial charge in [-0.05, 0) is 80.8 Å². The summed E-state index contributed by atoms with van der Waals surface area (Å²) in [4.78, 5) is 22.7. The minimum atomic E-state index is -4.77. The Morgan fingerprint density at radius 1 is 1.02 bits per heavy atom. The van der Waals surface area contributed by atoms with Crippen molar-refractivity contribution in [3.05, 3.63) is 64.8 Å². The zero-order chi connectivity index (χ0) is 33.4. The third-order valence-electron chi connectivity index (χ3n) is 7.57. The second kappa shape index (κ2) is 15.9. The lowest BCUT2D eigenvalue weighted by Crippen LogP contribution is -2.24. The van der Waals surface area contributed by atoms with E-state index in [1.165, 1.54) is 12.0 Å². The Labute approximate surface area is 268 Å². The summed E-state index contributed by atoms with van der Waals surface area (Å²) in [6, 6.07) is 10.5. The molecule has 14 heteroatoms. The standard InChI is InChI=1S/C32H41F3N5O5P/c1-6-44-46(45-7-2)19-20-8-14-27(28(16-20)43-5)38-31-36-18-25(32(33,34)35)29(39-31)37-26-15-11-22(17-24(26)30(42)40(3)4)21-9-12-23(41)13-10-21/h8,11,14-18,21,23,41H,6-7,9-10,12-13,19H2,1-5H3,(H2,36,37,38,39). The molecule has 0 radical (unpaired) electrons. The zero-order valence-corrected chi connectivity index (χ0v) is 27.5. The Hall–Kier alpha value is -3.51. The van der Waals surface area contributed by atoms with Gasteiger partial charge < -0.3 is 34.4 Å². The molecule has 2 aromatic carbocycles. The SMILES string of the molecule is CCOP(Cc1ccc(Nc2ncc(C(F)(F)F)c(Nc3ccc(C4CCC(O)CC4)cc3C(=O)N(C)C)n2)c(OC)c1)OCC. The summed E-state index contributed by atoms with van der Waals surface area (Å²) in [7, 11) is 3.52. The van der Waals surface area contributed by atoms with Crippen LogP contribution in [0.5, 0.6) is 5.75 Å². The molecule has 3 N–H and O–H groups in total. The minimum Gasteiger partial charge on any atom is -0.495 e. The number of methoxy groups -OCH3 is 1. The molecular weight excluding hydrogens is 622 g/mol. The number of carbonyl (C=O) groups excluding carboxylic acids is 1. The molecule has 0 bridgehead atoms. The molecular formula is C32H41F3N5O5P. The van der Waals surface area contributed by atoms with Crippen LogP contribution in [-0.4, -0.2) is 66.4 Å². The van der Waals surface area contributed by atoms with Gasteiger partial charge in [-0.3, -0.25) is 4.79 Å². The lowest BCUT2D eigenvalue weighted by atomic mass is 9.82. The molecule has 1 aliphatic carbocycles. The molecule has 250 valence electrons. The van der Waals surface area contributed by atoms with Gasteiger partial charge in [0.05, 0.1) is 43.4 Å². The van der Waals surface area contributed by atoms with Gasteiger partial charge in [0.1, 0.15) is 17.1 Å². The summed E-state index contributed by atoms with van der Waals surface area (Å²) in [5.41, 5.74) is 1.54. The van der Waals surface area contributed by atoms with Crippen LogP contribution < -0.4 is 15.4 Å². The summed E-state index contributed by atoms with van der Waals surface area (Å²) in [6.45, 7) is 4.83. The molecule has 1 saturated carbocycles. The lowest BCUT2D eigenvalue weighted by Gasteiger charge is -2.27. The molecule has 4 rings (SSSR count). The van der Waals surface area contributed by atoms with Crippen molar-refractivity contribution in [3.63, 3.8) is 0 Å². The largest absolute Gasteiger partial charge is 0.495 e. The number of hydrogen-bond acceptors (Lipinski definition) is 9. The number of aliphatic hydroxyl groups is 1. The van der Waals surface area contributed by atoms with Crippen LogP contribution in [0.2, 0.25) is 0 Å². The fraction of sp³-hybridized carbons (Fsp3) is 0.469. The number of alkyl halides is 3. The highest BCUT2D eigenvalue weighted by atomic mass is 31.2. The monoisotopic (exact) mass is 663 g/mol. The number of benzene rings is 2. The maximum absolute atomic E-state index is 14.1. The number of anilines is 4. The Morgan fingerprint density at radius 2 is 1.70 bits per heavy atom. The van der Waals surface area contributed by atoms with E-state index in [1.807, 2.05) is 19.9 Å². The van der Waals surface area contributed by atoms with Crippen molar-refractivity contribution in [2.45, 2.75) is 63.9 Å². The first kappa shape index (κ1) is 35.3. The van der Waals surface area contributed by atoms with Gasteiger partial charge in [-0.25, -0.2) is 4.98 Å². The Balaban J connectivity index is 1.66. The van der Waals surface area contributed by atoms with E-state index in [2.05, 4.69) is 20.6 Å². The van der Waals surface area contributed by atoms with Gasteiger partial charge >= 0.3 is 6.18 Å². The number of halogens is 3. The highest BCUT2D eigenvalue weighted by Gasteiger charge is 2.36. The molecule has 1 amide bonds. The van der Waals surface area contributed by atoms with Crippen LogP contribution in [0.1, 0.15) is 72.5 Å². The van der Waals surface area contributed by atoms with Gasteiger partial charge in [-0.2, -0.15) is 18.2 Å². The summed E-state index contributed by atoms with van der Waals surface area (Å²) in [5.74, 6) is -0.420. The smallest absolute Gasteiger partial charge is 0.421 e. The van der Waals surface area contributed by atoms with E-state index in [9.17, 15) is 23.1 Å². The third-order valence-corrected chi connectivity index (χ3v) is 9.28. The summed E-state index contributed by atoms with van der Waals surface area (Å²) in [6.07, 6.45) is -1.05. The Kier molecular flexibility index (Phi) is 12.2. The van der Waals surface area contributed by atoms with Crippen molar-refractivity contribution in [1.82, 2.24) is 14.9 Å². The molecule has 3 aromatic rings. The topological polar surface area (TPSA) is 118 Å². The molecule has 0 unspecified atom stereocenters. The number of carbonyl (C=O) groups is 1. The number of rotatable bonds is 13. The fourth-order valence-electron chi connectivity index (χ4n) is 5.25. The highest BCUT2D eigenvalue weighted by molar-refractivity contribution is 7.46. The molecule has 1 aromatic heterocycles. The number of nitrogens with one attached hydrogen (secondary N) is 2. The Bertz CT molecular complexity index is 1480. The maximum Gasteiger partial charge on any atom is 0.421 e. The van der Waals surface area contributed by atoms with E-state index >= 15 is 0 Å². The van der Waals surface area contributed by atoms with Crippen LogP contribution in [-0.2, 0) is 21.4 Å². The number of ether oxygens (including phenoxy) is 1. The normalized spacial score (nSPS) is 16.7. The molecule has 0 atom stereocenters. The van der Waals surface area contributed by atoms with E-state index in [1.54, 1.807) is 44.4 Å². The maximum atomic E-state index is 14.1. The number of aromatic nitrogens is 2. The van der Waals surface area contributed by atoms with Crippen molar-refractivity contribution in [3.8, 4) is 5.75 Å². The molecule has 46 heavy (non-hydrogen) atoms. The van der Waals surface area contributed by atoms with E-state index < -0.39 is 25.9 Å². The van der Waals surface area contributed by atoms with E-state index in [-0.39, 0.29) is 35.1 Å². The average molecular weight is 664 g/mol. The van der Waals surface area contributed by atoms with Crippen molar-refractivity contribution >= 4 is 37.4 Å². The first-order valence-corrected chi connectivity index (χ1v) is 16.5. The number of aliphatic hydroxyl groups excluding tert-OH is 1. The molecule has 1 fully saturated rings. The van der Waals surface area contributed by atoms with E-state index in [0.717, 1.165) is 24.0 Å². The van der Waals surface area contributed by atoms with Gasteiger partial charge in [0.15, 0.2) is 8.38 Å². The first-order valence-electron chi connectivity index (χ1n) is 15.2. The van der Waals surface area contributed by atoms with Gasteiger partial charge in [0, 0.05) is 26.5 Å². The molecule has 0 spiro atoms. The molecule has 0 saturated heterocycles. The summed E-state index contributed by atoms with van der Waals surface area (Å²) in [5, 5.41) is 15.7. The van der Waals surface area contributed by atoms with Crippen LogP contribution in [0.3, 0.4) is 0 Å². The van der Waals surface area contributed by atoms with Gasteiger partial charge in [0.2, 0.25) is 5.95 Å². The van der Waals surface area contributed by atoms with Crippen LogP contribution in [0.15, 0.2) is 42.6 Å². The minimum absolute atomic E-state index is 0.106. The second-order valence-corrected chi connectivity index (χ2v) is 12.6. The molecule has 1 heterocycles. The average Bonchev–Trinajstić information content (AvgIpc) is 3.01. The third kappa shape index (κ3) is 9.06. The fourth-order valence-corrected chi connectivity index (χ4v) is 6.58. The second-order valence-electron chi connectivity index (χ2n) is 11.1. The van der Waals surface area contributed by atoms with Crippen LogP contribution in [0.25, 0.3) is 0 Å². The van der Waals surface area contributed by atoms with Crippen molar-refractivity contribution in [2.24, 2.45) is 0 Å². The van der Waals surface area contributed by atoms with Crippen LogP contribution >= 0.6 is 8.38 Å². The van der Waals surface area contributed by atoms with Gasteiger partial charge in [0.25, 0.3) is 5.91 Å². The van der Waals surface area contributed by atoms with Crippen molar-refractivity contribution < 1.29 is 36.9 Å². The number of amides is 1. The van der Waals surface area contributed by atoms with Crippen molar-refractivity contribution in [1.29, 1.82) is 0 Å². The van der Waals surface area contributed by atoms with Crippen molar-refractivity contribution in [2.75, 3.05) is 45.1 Å². The highest BCUT2D eigenvalue weighted by Crippen LogP contribution is 2.43. The predicted octanol–water partition coefficient (Wildman–Crippen LogP) is 7.60. The zero-order valence-electron chi connectivity index (χ0n) is 26.6. The quantitative estimate of drug-likeness (QED) is 0.159. The summed E-state index contributed by atoms with van der Waals surface area (Å²) >= 11 is 0. The summed E-state index contributed by atoms with van der Waals surface area (Å²) < 4.78 is 59.4. The van der Waals surface area contributed by atoms with Gasteiger partial charge in [-0.15, -0.1) is 0 Å². The lowest BCUT2D eigenvalue weighted by molar-refractivity contribution is -0.137. The predicted molar refractivity (Wildman–Crippen MR) is 172 cm³/mol. The first-order chi connectivity index (χ1) is 21.9. The van der Waals surface area contributed by atoms with Crippen LogP contribution in [0.4, 0.5) is 36.3 Å². The molecule has 10 nitrogen and oxygen atoms in total. The molecule has 1 aliphatic rings. The van der Waals surface area contributed by atoms with Crippen LogP contribution in [0, 0.1) is 0 Å². The Morgan fingerprint density at radius 3 is 2.30 bits per heavy atom. The number of hydrogen-bond donors (Lipinski definition) is 3. The number of nitrogens with zero attached hydrogens (tertiary/aromatic N) is 3.